The fourth-order valence-electron chi connectivity index (χ4n) is 3.34. The molecule has 1 aromatic carbocycles. The van der Waals surface area contributed by atoms with Crippen LogP contribution in [0.15, 0.2) is 47.4 Å². The molecule has 0 radical (unpaired) electrons. The van der Waals surface area contributed by atoms with E-state index in [9.17, 15) is 9.59 Å². The maximum absolute atomic E-state index is 12.4. The van der Waals surface area contributed by atoms with Crippen LogP contribution in [0, 0.1) is 0 Å². The van der Waals surface area contributed by atoms with E-state index in [4.69, 9.17) is 44.7 Å². The highest BCUT2D eigenvalue weighted by Crippen LogP contribution is 2.34. The number of primary amides is 1. The number of amides is 1. The van der Waals surface area contributed by atoms with Crippen molar-refractivity contribution < 1.29 is 19.5 Å². The second-order valence-corrected chi connectivity index (χ2v) is 9.10. The Bertz CT molecular complexity index is 1280. The smallest absolute Gasteiger partial charge is 0.402 e. The van der Waals surface area contributed by atoms with E-state index in [1.807, 2.05) is 26.8 Å². The maximum atomic E-state index is 12.4. The van der Waals surface area contributed by atoms with E-state index in [0.29, 0.717) is 27.8 Å². The van der Waals surface area contributed by atoms with Crippen LogP contribution < -0.4 is 11.1 Å². The van der Waals surface area contributed by atoms with Gasteiger partial charge >= 0.3 is 6.09 Å². The highest BCUT2D eigenvalue weighted by Gasteiger charge is 2.43. The summed E-state index contributed by atoms with van der Waals surface area (Å²) in [5.41, 5.74) is 6.58. The van der Waals surface area contributed by atoms with Gasteiger partial charge in [0, 0.05) is 45.3 Å². The van der Waals surface area contributed by atoms with Crippen molar-refractivity contribution in [3.63, 3.8) is 0 Å². The molecule has 0 spiro atoms. The zero-order valence-corrected chi connectivity index (χ0v) is 21.5. The Morgan fingerprint density at radius 3 is 1.89 bits per heavy atom. The molecule has 4 aliphatic rings. The van der Waals surface area contributed by atoms with Gasteiger partial charge in [0.05, 0.1) is 16.4 Å². The molecule has 0 bridgehead atoms. The molecule has 3 fully saturated rings. The second kappa shape index (κ2) is 11.2. The summed E-state index contributed by atoms with van der Waals surface area (Å²) in [5.74, 6) is 0.297. The summed E-state index contributed by atoms with van der Waals surface area (Å²) >= 11 is 17.2. The lowest BCUT2D eigenvalue weighted by Crippen LogP contribution is -2.29. The molecule has 0 saturated carbocycles. The van der Waals surface area contributed by atoms with Gasteiger partial charge in [0.1, 0.15) is 11.4 Å². The molecule has 1 aliphatic carbocycles. The number of halogens is 3. The Labute approximate surface area is 226 Å². The van der Waals surface area contributed by atoms with E-state index in [0.717, 1.165) is 39.3 Å². The average molecular weight is 568 g/mol. The highest BCUT2D eigenvalue weighted by molar-refractivity contribution is 6.33. The van der Waals surface area contributed by atoms with E-state index in [2.05, 4.69) is 26.0 Å². The first-order valence-corrected chi connectivity index (χ1v) is 12.1. The molecule has 15 heteroatoms. The summed E-state index contributed by atoms with van der Waals surface area (Å²) in [6.45, 7) is 5.41. The van der Waals surface area contributed by atoms with Crippen LogP contribution in [0.3, 0.4) is 0 Å². The number of allylic oxidation sites excluding steroid dienone is 1. The summed E-state index contributed by atoms with van der Waals surface area (Å²) in [6.07, 6.45) is 0.190. The number of carboxylic acid groups (broad SMARTS) is 1. The molecule has 4 N–H and O–H groups in total. The predicted octanol–water partition coefficient (Wildman–Crippen LogP) is 2.38. The number of anilines is 2. The van der Waals surface area contributed by atoms with Crippen LogP contribution in [-0.4, -0.2) is 91.7 Å². The topological polar surface area (TPSA) is 157 Å². The largest absolute Gasteiger partial charge is 0.465 e. The Morgan fingerprint density at radius 1 is 0.865 bits per heavy atom. The van der Waals surface area contributed by atoms with Gasteiger partial charge in [-0.05, 0) is 35.3 Å². The lowest BCUT2D eigenvalue weighted by Gasteiger charge is -2.21. The third-order valence-electron chi connectivity index (χ3n) is 5.19. The third-order valence-corrected chi connectivity index (χ3v) is 5.86. The maximum Gasteiger partial charge on any atom is 0.402 e. The van der Waals surface area contributed by atoms with Crippen molar-refractivity contribution in [1.82, 2.24) is 29.7 Å². The van der Waals surface area contributed by atoms with Gasteiger partial charge < -0.3 is 30.9 Å². The van der Waals surface area contributed by atoms with Crippen molar-refractivity contribution in [2.45, 2.75) is 0 Å². The third kappa shape index (κ3) is 7.21. The highest BCUT2D eigenvalue weighted by atomic mass is 35.5. The Balaban J connectivity index is 0.000000152. The molecule has 1 aromatic heterocycles. The molecular formula is C22H21Cl3N8O4. The summed E-state index contributed by atoms with van der Waals surface area (Å²) in [5, 5.41) is 10.7. The molecule has 3 saturated heterocycles. The summed E-state index contributed by atoms with van der Waals surface area (Å²) in [6, 6.07) is 7.18. The summed E-state index contributed by atoms with van der Waals surface area (Å²) in [7, 11) is 0. The molecule has 4 heterocycles. The number of nitrogens with zero attached hydrogens (tertiary/aromatic N) is 6. The summed E-state index contributed by atoms with van der Waals surface area (Å²) < 4.78 is 0. The fraction of sp³-hybridized carbons (Fsp3) is 0.273. The zero-order chi connectivity index (χ0) is 26.7. The lowest BCUT2D eigenvalue weighted by atomic mass is 10.0. The van der Waals surface area contributed by atoms with Crippen LogP contribution >= 0.6 is 34.8 Å². The van der Waals surface area contributed by atoms with Crippen LogP contribution in [0.4, 0.5) is 16.4 Å². The number of carbonyl (C=O) groups is 3. The lowest BCUT2D eigenvalue weighted by molar-refractivity contribution is -0.117. The number of para-hydroxylation sites is 1. The molecule has 2 aromatic rings. The zero-order valence-electron chi connectivity index (χ0n) is 19.2. The van der Waals surface area contributed by atoms with Crippen molar-refractivity contribution in [3.8, 4) is 0 Å². The van der Waals surface area contributed by atoms with Crippen LogP contribution in [0.1, 0.15) is 0 Å². The van der Waals surface area contributed by atoms with Gasteiger partial charge in [-0.15, -0.1) is 0 Å². The second-order valence-electron chi connectivity index (χ2n) is 8.02. The van der Waals surface area contributed by atoms with Gasteiger partial charge in [-0.1, -0.05) is 23.7 Å². The first kappa shape index (κ1) is 26.5. The van der Waals surface area contributed by atoms with Gasteiger partial charge in [-0.2, -0.15) is 15.0 Å². The number of rotatable bonds is 5. The molecule has 194 valence electrons. The Hall–Kier alpha value is -3.61. The summed E-state index contributed by atoms with van der Waals surface area (Å²) in [4.78, 5) is 50.6. The average Bonchev–Trinajstić information content (AvgIpc) is 3.68. The number of benzene rings is 1. The Morgan fingerprint density at radius 2 is 1.38 bits per heavy atom. The number of hydrogen-bond acceptors (Lipinski definition) is 10. The standard InChI is InChI=1S/C12H13N3O2.C9H5Cl3N4.CH3NO2/c16-9-7-8(13-1-2-13)12(17)11(15-5-6-15)10(9)14-3-4-14;10-5-3-1-2-4-6(5)13-9-15-7(11)14-8(12)16-9;2-1(3)4/h7H,1-6H2;1-4H,(H,13,14,15,16);2H2,(H,3,4). The molecule has 0 unspecified atom stereocenters. The molecule has 3 aliphatic heterocycles. The number of ketones is 2. The quantitative estimate of drug-likeness (QED) is 0.360. The van der Waals surface area contributed by atoms with Crippen LogP contribution in [0.5, 0.6) is 0 Å². The normalized spacial score (nSPS) is 17.3. The SMILES string of the molecule is Clc1nc(Cl)nc(Nc2ccccc2Cl)n1.NC(=O)O.O=C1C=C(N2CC2)C(=O)C(N2CC2)=C1N1CC1. The van der Waals surface area contributed by atoms with Crippen molar-refractivity contribution in [1.29, 1.82) is 0 Å². The molecular weight excluding hydrogens is 547 g/mol. The van der Waals surface area contributed by atoms with Crippen molar-refractivity contribution in [2.24, 2.45) is 5.73 Å². The number of hydrogen-bond donors (Lipinski definition) is 3. The molecule has 1 amide bonds. The first-order valence-electron chi connectivity index (χ1n) is 11.0. The number of carbonyl (C=O) groups excluding carboxylic acids is 2. The number of Topliss-reactive ketones (excluding diaryl/α,β-unsaturated/α-hetero) is 1. The van der Waals surface area contributed by atoms with E-state index in [-0.39, 0.29) is 28.1 Å². The van der Waals surface area contributed by atoms with Gasteiger partial charge in [-0.3, -0.25) is 9.59 Å². The number of aromatic nitrogens is 3. The van der Waals surface area contributed by atoms with E-state index in [1.165, 1.54) is 6.08 Å². The van der Waals surface area contributed by atoms with Gasteiger partial charge in [0.25, 0.3) is 0 Å². The minimum absolute atomic E-state index is 0.00546. The molecule has 0 atom stereocenters. The van der Waals surface area contributed by atoms with Gasteiger partial charge in [0.2, 0.25) is 28.1 Å². The van der Waals surface area contributed by atoms with Crippen LogP contribution in [0.2, 0.25) is 15.6 Å². The predicted molar refractivity (Wildman–Crippen MR) is 137 cm³/mol. The molecule has 6 rings (SSSR count). The van der Waals surface area contributed by atoms with Crippen LogP contribution in [0.25, 0.3) is 0 Å². The van der Waals surface area contributed by atoms with Crippen LogP contribution in [-0.2, 0) is 9.59 Å². The molecule has 12 nitrogen and oxygen atoms in total. The number of nitrogens with one attached hydrogen (secondary N) is 1. The van der Waals surface area contributed by atoms with E-state index < -0.39 is 6.09 Å². The Kier molecular flexibility index (Phi) is 8.00. The molecule has 37 heavy (non-hydrogen) atoms. The van der Waals surface area contributed by atoms with Crippen molar-refractivity contribution in [3.05, 3.63) is 63.0 Å². The fourth-order valence-corrected chi connectivity index (χ4v) is 3.89. The minimum Gasteiger partial charge on any atom is -0.465 e. The van der Waals surface area contributed by atoms with E-state index >= 15 is 0 Å². The van der Waals surface area contributed by atoms with Gasteiger partial charge in [0.15, 0.2) is 0 Å². The van der Waals surface area contributed by atoms with Crippen molar-refractivity contribution in [2.75, 3.05) is 44.6 Å². The van der Waals surface area contributed by atoms with Gasteiger partial charge in [-0.25, -0.2) is 4.79 Å². The number of nitrogens with two attached hydrogens (primary N) is 1. The van der Waals surface area contributed by atoms with Crippen molar-refractivity contribution >= 4 is 64.1 Å². The monoisotopic (exact) mass is 566 g/mol. The van der Waals surface area contributed by atoms with E-state index in [1.54, 1.807) is 12.1 Å². The first-order chi connectivity index (χ1) is 17.6. The minimum atomic E-state index is -1.33.